The fourth-order valence-corrected chi connectivity index (χ4v) is 2.88. The van der Waals surface area contributed by atoms with E-state index in [0.717, 1.165) is 5.92 Å². The zero-order chi connectivity index (χ0) is 12.5. The molecular formula is C15H20N2O. The molecule has 18 heavy (non-hydrogen) atoms. The molecule has 1 aliphatic carbocycles. The van der Waals surface area contributed by atoms with Crippen LogP contribution < -0.4 is 5.32 Å². The van der Waals surface area contributed by atoms with Crippen molar-refractivity contribution in [3.05, 3.63) is 35.4 Å². The first-order valence-electron chi connectivity index (χ1n) is 6.81. The molecule has 0 radical (unpaired) electrons. The Kier molecular flexibility index (Phi) is 3.08. The topological polar surface area (TPSA) is 32.3 Å². The molecule has 0 aromatic heterocycles. The van der Waals surface area contributed by atoms with Crippen molar-refractivity contribution in [2.45, 2.75) is 31.8 Å². The highest BCUT2D eigenvalue weighted by Crippen LogP contribution is 2.30. The highest BCUT2D eigenvalue weighted by atomic mass is 16.2. The van der Waals surface area contributed by atoms with Gasteiger partial charge in [-0.15, -0.1) is 0 Å². The number of hydrogen-bond donors (Lipinski definition) is 1. The summed E-state index contributed by atoms with van der Waals surface area (Å²) >= 11 is 0. The van der Waals surface area contributed by atoms with Crippen LogP contribution in [0.5, 0.6) is 0 Å². The van der Waals surface area contributed by atoms with E-state index in [9.17, 15) is 4.79 Å². The number of carbonyl (C=O) groups is 1. The van der Waals surface area contributed by atoms with Crippen molar-refractivity contribution in [2.24, 2.45) is 5.92 Å². The second kappa shape index (κ2) is 4.73. The van der Waals surface area contributed by atoms with Crippen molar-refractivity contribution in [1.29, 1.82) is 0 Å². The molecule has 2 aliphatic rings. The molecule has 1 unspecified atom stereocenters. The lowest BCUT2D eigenvalue weighted by atomic mass is 9.81. The van der Waals surface area contributed by atoms with Crippen LogP contribution in [-0.4, -0.2) is 24.4 Å². The quantitative estimate of drug-likeness (QED) is 0.883. The average molecular weight is 244 g/mol. The Labute approximate surface area is 108 Å². The first-order valence-corrected chi connectivity index (χ1v) is 6.81. The minimum atomic E-state index is 0.0545. The number of benzene rings is 1. The fourth-order valence-electron chi connectivity index (χ4n) is 2.88. The van der Waals surface area contributed by atoms with Crippen LogP contribution in [0.2, 0.25) is 0 Å². The molecule has 1 aromatic carbocycles. The Bertz CT molecular complexity index is 454. The van der Waals surface area contributed by atoms with Crippen LogP contribution >= 0.6 is 0 Å². The SMILES string of the molecule is CN1CC(=O)NC1c1cccc(CC2CCC2)c1. The monoisotopic (exact) mass is 244 g/mol. The lowest BCUT2D eigenvalue weighted by Crippen LogP contribution is -2.24. The maximum absolute atomic E-state index is 11.4. The number of nitrogens with one attached hydrogen (secondary N) is 1. The van der Waals surface area contributed by atoms with E-state index in [1.807, 2.05) is 7.05 Å². The van der Waals surface area contributed by atoms with Gasteiger partial charge in [0.05, 0.1) is 6.54 Å². The zero-order valence-electron chi connectivity index (χ0n) is 10.9. The number of rotatable bonds is 3. The molecule has 1 atom stereocenters. The Morgan fingerprint density at radius 2 is 2.22 bits per heavy atom. The first kappa shape index (κ1) is 11.7. The molecule has 0 bridgehead atoms. The van der Waals surface area contributed by atoms with E-state index in [2.05, 4.69) is 34.5 Å². The molecule has 3 nitrogen and oxygen atoms in total. The third-order valence-corrected chi connectivity index (χ3v) is 4.15. The van der Waals surface area contributed by atoms with Gasteiger partial charge in [-0.25, -0.2) is 0 Å². The van der Waals surface area contributed by atoms with Gasteiger partial charge in [0.25, 0.3) is 0 Å². The number of carbonyl (C=O) groups excluding carboxylic acids is 1. The van der Waals surface area contributed by atoms with E-state index < -0.39 is 0 Å². The van der Waals surface area contributed by atoms with Crippen LogP contribution in [0.1, 0.15) is 36.6 Å². The standard InChI is InChI=1S/C15H20N2O/c1-17-10-14(18)16-15(17)13-7-3-6-12(9-13)8-11-4-2-5-11/h3,6-7,9,11,15H,2,4-5,8,10H2,1H3,(H,16,18). The zero-order valence-corrected chi connectivity index (χ0v) is 10.9. The van der Waals surface area contributed by atoms with E-state index in [-0.39, 0.29) is 12.1 Å². The Hall–Kier alpha value is -1.35. The molecule has 0 spiro atoms. The summed E-state index contributed by atoms with van der Waals surface area (Å²) in [5, 5.41) is 3.02. The van der Waals surface area contributed by atoms with Crippen LogP contribution in [0.4, 0.5) is 0 Å². The minimum Gasteiger partial charge on any atom is -0.335 e. The second-order valence-electron chi connectivity index (χ2n) is 5.63. The van der Waals surface area contributed by atoms with Crippen molar-refractivity contribution < 1.29 is 4.79 Å². The smallest absolute Gasteiger partial charge is 0.235 e. The maximum Gasteiger partial charge on any atom is 0.235 e. The predicted octanol–water partition coefficient (Wildman–Crippen LogP) is 2.09. The summed E-state index contributed by atoms with van der Waals surface area (Å²) in [4.78, 5) is 13.5. The van der Waals surface area contributed by atoms with E-state index in [4.69, 9.17) is 0 Å². The summed E-state index contributed by atoms with van der Waals surface area (Å²) in [7, 11) is 1.99. The van der Waals surface area contributed by atoms with Gasteiger partial charge in [-0.05, 0) is 30.5 Å². The molecule has 96 valence electrons. The summed E-state index contributed by atoms with van der Waals surface area (Å²) in [5.41, 5.74) is 2.62. The third kappa shape index (κ3) is 2.27. The lowest BCUT2D eigenvalue weighted by molar-refractivity contribution is -0.118. The van der Waals surface area contributed by atoms with Gasteiger partial charge in [0.1, 0.15) is 6.17 Å². The van der Waals surface area contributed by atoms with Crippen molar-refractivity contribution in [3.8, 4) is 0 Å². The predicted molar refractivity (Wildman–Crippen MR) is 71.0 cm³/mol. The number of hydrogen-bond acceptors (Lipinski definition) is 2. The molecule has 1 saturated heterocycles. The van der Waals surface area contributed by atoms with Gasteiger partial charge in [-0.1, -0.05) is 43.5 Å². The van der Waals surface area contributed by atoms with Crippen LogP contribution in [0, 0.1) is 5.92 Å². The van der Waals surface area contributed by atoms with Gasteiger partial charge in [0.2, 0.25) is 5.91 Å². The summed E-state index contributed by atoms with van der Waals surface area (Å²) in [5.74, 6) is 1.00. The van der Waals surface area contributed by atoms with Crippen LogP contribution in [0.3, 0.4) is 0 Å². The van der Waals surface area contributed by atoms with Gasteiger partial charge >= 0.3 is 0 Å². The van der Waals surface area contributed by atoms with Gasteiger partial charge in [-0.3, -0.25) is 9.69 Å². The van der Waals surface area contributed by atoms with Crippen LogP contribution in [-0.2, 0) is 11.2 Å². The van der Waals surface area contributed by atoms with Crippen molar-refractivity contribution >= 4 is 5.91 Å². The van der Waals surface area contributed by atoms with Gasteiger partial charge in [0, 0.05) is 0 Å². The molecule has 1 heterocycles. The molecule has 3 rings (SSSR count). The Morgan fingerprint density at radius 3 is 2.83 bits per heavy atom. The summed E-state index contributed by atoms with van der Waals surface area (Å²) in [6.07, 6.45) is 5.40. The first-order chi connectivity index (χ1) is 8.72. The van der Waals surface area contributed by atoms with E-state index in [0.29, 0.717) is 6.54 Å². The molecular weight excluding hydrogens is 224 g/mol. The van der Waals surface area contributed by atoms with Crippen molar-refractivity contribution in [2.75, 3.05) is 13.6 Å². The van der Waals surface area contributed by atoms with Gasteiger partial charge in [0.15, 0.2) is 0 Å². The highest BCUT2D eigenvalue weighted by Gasteiger charge is 2.27. The van der Waals surface area contributed by atoms with Gasteiger partial charge < -0.3 is 5.32 Å². The van der Waals surface area contributed by atoms with Gasteiger partial charge in [-0.2, -0.15) is 0 Å². The molecule has 1 aromatic rings. The largest absolute Gasteiger partial charge is 0.335 e. The summed E-state index contributed by atoms with van der Waals surface area (Å²) in [6, 6.07) is 8.68. The van der Waals surface area contributed by atoms with Crippen molar-refractivity contribution in [3.63, 3.8) is 0 Å². The maximum atomic E-state index is 11.4. The molecule has 1 amide bonds. The van der Waals surface area contributed by atoms with Crippen molar-refractivity contribution in [1.82, 2.24) is 10.2 Å². The molecule has 2 fully saturated rings. The fraction of sp³-hybridized carbons (Fsp3) is 0.533. The van der Waals surface area contributed by atoms with Crippen LogP contribution in [0.15, 0.2) is 24.3 Å². The van der Waals surface area contributed by atoms with E-state index in [1.165, 1.54) is 36.8 Å². The average Bonchev–Trinajstić information content (AvgIpc) is 2.64. The lowest BCUT2D eigenvalue weighted by Gasteiger charge is -2.26. The Morgan fingerprint density at radius 1 is 1.39 bits per heavy atom. The number of likely N-dealkylation sites (N-methyl/N-ethyl adjacent to an activating group) is 1. The number of nitrogens with zero attached hydrogens (tertiary/aromatic N) is 1. The molecule has 1 saturated carbocycles. The van der Waals surface area contributed by atoms with Crippen LogP contribution in [0.25, 0.3) is 0 Å². The molecule has 1 aliphatic heterocycles. The normalized spacial score (nSPS) is 24.9. The minimum absolute atomic E-state index is 0.0545. The number of amides is 1. The van der Waals surface area contributed by atoms with E-state index >= 15 is 0 Å². The molecule has 1 N–H and O–H groups in total. The summed E-state index contributed by atoms with van der Waals surface area (Å²) in [6.45, 7) is 0.498. The third-order valence-electron chi connectivity index (χ3n) is 4.15. The second-order valence-corrected chi connectivity index (χ2v) is 5.63. The molecule has 3 heteroatoms. The van der Waals surface area contributed by atoms with E-state index in [1.54, 1.807) is 0 Å². The Balaban J connectivity index is 1.75. The highest BCUT2D eigenvalue weighted by molar-refractivity contribution is 5.80. The summed E-state index contributed by atoms with van der Waals surface area (Å²) < 4.78 is 0.